The van der Waals surface area contributed by atoms with Crippen LogP contribution in [0.3, 0.4) is 0 Å². The van der Waals surface area contributed by atoms with Gasteiger partial charge in [0.2, 0.25) is 0 Å². The molecule has 2 heterocycles. The third-order valence-corrected chi connectivity index (χ3v) is 4.91. The van der Waals surface area contributed by atoms with Crippen molar-refractivity contribution >= 4 is 22.9 Å². The Morgan fingerprint density at radius 1 is 0.793 bits per heavy atom. The second kappa shape index (κ2) is 11.1. The van der Waals surface area contributed by atoms with Crippen molar-refractivity contribution < 1.29 is 0 Å². The average Bonchev–Trinajstić information content (AvgIpc) is 3.08. The maximum Gasteiger partial charge on any atom is 0.158 e. The third kappa shape index (κ3) is 4.86. The van der Waals surface area contributed by atoms with Gasteiger partial charge in [0, 0.05) is 17.6 Å². The summed E-state index contributed by atoms with van der Waals surface area (Å²) in [6.07, 6.45) is 4.68. The van der Waals surface area contributed by atoms with Crippen LogP contribution in [0.4, 0.5) is 22.9 Å². The standard InChI is InChI=1S/C20H19N3.C4H10.C2H4/c1-15-9-6-7-12-18(15)23-16(2)22(17-10-4-3-5-11-17)19-13-8-14-21-20(19)23;1-3-4-2;1-2/h3-14,16H,1-2H3;3-4H2,1-2H3;1-2H2. The molecule has 1 atom stereocenters. The topological polar surface area (TPSA) is 19.4 Å². The van der Waals surface area contributed by atoms with Crippen LogP contribution < -0.4 is 9.80 Å². The number of aryl methyl sites for hydroxylation is 1. The normalized spacial score (nSPS) is 14.3. The van der Waals surface area contributed by atoms with Crippen LogP contribution in [0.15, 0.2) is 86.1 Å². The molecule has 1 aromatic heterocycles. The van der Waals surface area contributed by atoms with E-state index in [4.69, 9.17) is 0 Å². The van der Waals surface area contributed by atoms with Crippen LogP contribution in [0, 0.1) is 6.92 Å². The summed E-state index contributed by atoms with van der Waals surface area (Å²) in [5, 5.41) is 0. The van der Waals surface area contributed by atoms with Crippen molar-refractivity contribution in [2.45, 2.75) is 46.7 Å². The van der Waals surface area contributed by atoms with Crippen molar-refractivity contribution in [3.63, 3.8) is 0 Å². The average molecular weight is 388 g/mol. The molecule has 29 heavy (non-hydrogen) atoms. The van der Waals surface area contributed by atoms with Crippen LogP contribution in [0.5, 0.6) is 0 Å². The molecule has 0 N–H and O–H groups in total. The number of unbranched alkanes of at least 4 members (excludes halogenated alkanes) is 1. The van der Waals surface area contributed by atoms with Gasteiger partial charge in [-0.05, 0) is 49.7 Å². The van der Waals surface area contributed by atoms with E-state index in [1.807, 2.05) is 18.3 Å². The van der Waals surface area contributed by atoms with Gasteiger partial charge in [0.25, 0.3) is 0 Å². The summed E-state index contributed by atoms with van der Waals surface area (Å²) in [6.45, 7) is 14.7. The summed E-state index contributed by atoms with van der Waals surface area (Å²) in [5.41, 5.74) is 4.80. The van der Waals surface area contributed by atoms with Crippen molar-refractivity contribution in [2.24, 2.45) is 0 Å². The second-order valence-corrected chi connectivity index (χ2v) is 6.84. The number of nitrogens with zero attached hydrogens (tertiary/aromatic N) is 3. The molecule has 0 saturated heterocycles. The Hall–Kier alpha value is -3.07. The minimum Gasteiger partial charge on any atom is -0.317 e. The molecule has 3 aromatic rings. The molecule has 1 aliphatic rings. The molecule has 1 unspecified atom stereocenters. The van der Waals surface area contributed by atoms with Crippen molar-refractivity contribution in [2.75, 3.05) is 9.80 Å². The van der Waals surface area contributed by atoms with Gasteiger partial charge < -0.3 is 9.80 Å². The Balaban J connectivity index is 0.000000449. The maximum atomic E-state index is 4.67. The first-order valence-corrected chi connectivity index (χ1v) is 10.3. The fourth-order valence-electron chi connectivity index (χ4n) is 3.35. The highest BCUT2D eigenvalue weighted by Gasteiger charge is 2.36. The molecule has 0 saturated carbocycles. The number of rotatable bonds is 3. The van der Waals surface area contributed by atoms with E-state index in [1.54, 1.807) is 0 Å². The van der Waals surface area contributed by atoms with Gasteiger partial charge in [-0.2, -0.15) is 0 Å². The Morgan fingerprint density at radius 2 is 1.38 bits per heavy atom. The summed E-state index contributed by atoms with van der Waals surface area (Å²) in [4.78, 5) is 9.33. The number of fused-ring (bicyclic) bond motifs is 1. The molecule has 1 aliphatic heterocycles. The van der Waals surface area contributed by atoms with Gasteiger partial charge in [-0.15, -0.1) is 13.2 Å². The lowest BCUT2D eigenvalue weighted by Crippen LogP contribution is -2.35. The lowest BCUT2D eigenvalue weighted by molar-refractivity contribution is 0.755. The Labute approximate surface area is 176 Å². The van der Waals surface area contributed by atoms with Crippen LogP contribution >= 0.6 is 0 Å². The van der Waals surface area contributed by atoms with Gasteiger partial charge in [-0.1, -0.05) is 63.1 Å². The first-order chi connectivity index (χ1) is 14.2. The Morgan fingerprint density at radius 3 is 2.00 bits per heavy atom. The van der Waals surface area contributed by atoms with Crippen molar-refractivity contribution in [1.29, 1.82) is 0 Å². The highest BCUT2D eigenvalue weighted by molar-refractivity contribution is 5.86. The first-order valence-electron chi connectivity index (χ1n) is 10.3. The van der Waals surface area contributed by atoms with Crippen LogP contribution in [-0.4, -0.2) is 11.1 Å². The molecule has 152 valence electrons. The zero-order valence-corrected chi connectivity index (χ0v) is 18.2. The van der Waals surface area contributed by atoms with Crippen molar-refractivity contribution in [1.82, 2.24) is 4.98 Å². The highest BCUT2D eigenvalue weighted by atomic mass is 15.4. The predicted octanol–water partition coefficient (Wildman–Crippen LogP) is 7.63. The molecule has 3 heteroatoms. The van der Waals surface area contributed by atoms with Crippen molar-refractivity contribution in [3.05, 3.63) is 91.6 Å². The molecule has 0 amide bonds. The van der Waals surface area contributed by atoms with Gasteiger partial charge in [0.1, 0.15) is 6.17 Å². The summed E-state index contributed by atoms with van der Waals surface area (Å²) in [6, 6.07) is 23.1. The number of hydrogen-bond acceptors (Lipinski definition) is 3. The minimum atomic E-state index is 0.170. The fourth-order valence-corrected chi connectivity index (χ4v) is 3.35. The van der Waals surface area contributed by atoms with E-state index in [-0.39, 0.29) is 6.17 Å². The van der Waals surface area contributed by atoms with Crippen LogP contribution in [-0.2, 0) is 0 Å². The molecule has 2 aromatic carbocycles. The molecule has 0 radical (unpaired) electrons. The quantitative estimate of drug-likeness (QED) is 0.431. The van der Waals surface area contributed by atoms with Gasteiger partial charge in [0.15, 0.2) is 5.82 Å². The van der Waals surface area contributed by atoms with E-state index in [1.165, 1.54) is 29.8 Å². The summed E-state index contributed by atoms with van der Waals surface area (Å²) in [7, 11) is 0. The highest BCUT2D eigenvalue weighted by Crippen LogP contribution is 2.46. The van der Waals surface area contributed by atoms with Crippen LogP contribution in [0.2, 0.25) is 0 Å². The van der Waals surface area contributed by atoms with E-state index in [9.17, 15) is 0 Å². The number of aromatic nitrogens is 1. The second-order valence-electron chi connectivity index (χ2n) is 6.84. The maximum absolute atomic E-state index is 4.67. The zero-order chi connectivity index (χ0) is 21.2. The van der Waals surface area contributed by atoms with Crippen LogP contribution in [0.1, 0.15) is 39.2 Å². The molecule has 0 bridgehead atoms. The summed E-state index contributed by atoms with van der Waals surface area (Å²) in [5.74, 6) is 1.01. The van der Waals surface area contributed by atoms with Gasteiger partial charge >= 0.3 is 0 Å². The van der Waals surface area contributed by atoms with E-state index >= 15 is 0 Å². The molecule has 4 rings (SSSR count). The Bertz CT molecular complexity index is 874. The van der Waals surface area contributed by atoms with Crippen molar-refractivity contribution in [3.8, 4) is 0 Å². The Kier molecular flexibility index (Phi) is 8.47. The molecule has 0 aliphatic carbocycles. The molecule has 0 fully saturated rings. The fraction of sp³-hybridized carbons (Fsp3) is 0.269. The lowest BCUT2D eigenvalue weighted by Gasteiger charge is -2.30. The van der Waals surface area contributed by atoms with Crippen LogP contribution in [0.25, 0.3) is 0 Å². The molecule has 3 nitrogen and oxygen atoms in total. The summed E-state index contributed by atoms with van der Waals surface area (Å²) < 4.78 is 0. The number of benzene rings is 2. The van der Waals surface area contributed by atoms with Gasteiger partial charge in [-0.3, -0.25) is 0 Å². The summed E-state index contributed by atoms with van der Waals surface area (Å²) >= 11 is 0. The number of anilines is 4. The number of para-hydroxylation sites is 2. The lowest BCUT2D eigenvalue weighted by atomic mass is 10.2. The molecule has 0 spiro atoms. The number of hydrogen-bond donors (Lipinski definition) is 0. The predicted molar refractivity (Wildman–Crippen MR) is 127 cm³/mol. The third-order valence-electron chi connectivity index (χ3n) is 4.91. The molecular formula is C26H33N3. The first kappa shape index (κ1) is 22.2. The minimum absolute atomic E-state index is 0.170. The zero-order valence-electron chi connectivity index (χ0n) is 18.2. The van der Waals surface area contributed by atoms with E-state index < -0.39 is 0 Å². The van der Waals surface area contributed by atoms with Gasteiger partial charge in [-0.25, -0.2) is 4.98 Å². The van der Waals surface area contributed by atoms with E-state index in [0.29, 0.717) is 0 Å². The monoisotopic (exact) mass is 387 g/mol. The van der Waals surface area contributed by atoms with E-state index in [0.717, 1.165) is 11.5 Å². The SMILES string of the molecule is C=C.CCCC.Cc1ccccc1N1c2ncccc2N(c2ccccc2)C1C. The van der Waals surface area contributed by atoms with Gasteiger partial charge in [0.05, 0.1) is 5.69 Å². The largest absolute Gasteiger partial charge is 0.317 e. The van der Waals surface area contributed by atoms with E-state index in [2.05, 4.69) is 110 Å². The molecular weight excluding hydrogens is 354 g/mol. The smallest absolute Gasteiger partial charge is 0.158 e. The number of pyridine rings is 1.